The number of anilines is 1. The van der Waals surface area contributed by atoms with Crippen LogP contribution in [0.3, 0.4) is 0 Å². The standard InChI is InChI=1S/C24H30N4O4S2/c1-14(2)24-26-22(27-32-24)20-13-21(17(5)33-20)34(30,31)28-11-9-18(10-12-28)23(29)25-19-8-6-7-15(3)16(19)4/h6-8,13-14,18H,9-12H2,1-5H3,(H,25,29). The number of rotatable bonds is 6. The molecule has 0 unspecified atom stereocenters. The second kappa shape index (κ2) is 9.59. The van der Waals surface area contributed by atoms with Crippen LogP contribution in [0.5, 0.6) is 0 Å². The van der Waals surface area contributed by atoms with Gasteiger partial charge in [0, 0.05) is 35.5 Å². The Kier molecular flexibility index (Phi) is 6.93. The third-order valence-electron chi connectivity index (χ3n) is 6.33. The summed E-state index contributed by atoms with van der Waals surface area (Å²) in [6.07, 6.45) is 0.961. The minimum absolute atomic E-state index is 0.0576. The number of sulfonamides is 1. The highest BCUT2D eigenvalue weighted by atomic mass is 32.2. The predicted octanol–water partition coefficient (Wildman–Crippen LogP) is 4.89. The molecular formula is C24H30N4O4S2. The second-order valence-electron chi connectivity index (χ2n) is 9.06. The van der Waals surface area contributed by atoms with Gasteiger partial charge in [-0.05, 0) is 56.9 Å². The van der Waals surface area contributed by atoms with Crippen molar-refractivity contribution in [3.8, 4) is 10.7 Å². The molecule has 3 aromatic rings. The Hall–Kier alpha value is -2.56. The number of carbonyl (C=O) groups is 1. The molecule has 0 aliphatic carbocycles. The summed E-state index contributed by atoms with van der Waals surface area (Å²) in [6, 6.07) is 7.45. The van der Waals surface area contributed by atoms with Crippen molar-refractivity contribution in [3.63, 3.8) is 0 Å². The fraction of sp³-hybridized carbons (Fsp3) is 0.458. The molecule has 182 valence electrons. The Balaban J connectivity index is 1.44. The second-order valence-corrected chi connectivity index (χ2v) is 12.2. The fourth-order valence-electron chi connectivity index (χ4n) is 4.02. The topological polar surface area (TPSA) is 105 Å². The van der Waals surface area contributed by atoms with E-state index in [1.807, 2.05) is 45.9 Å². The lowest BCUT2D eigenvalue weighted by Gasteiger charge is -2.30. The Morgan fingerprint density at radius 1 is 1.21 bits per heavy atom. The Bertz CT molecular complexity index is 1300. The highest BCUT2D eigenvalue weighted by molar-refractivity contribution is 7.89. The summed E-state index contributed by atoms with van der Waals surface area (Å²) in [4.78, 5) is 18.8. The van der Waals surface area contributed by atoms with Crippen molar-refractivity contribution in [1.82, 2.24) is 14.4 Å². The normalized spacial score (nSPS) is 15.7. The maximum Gasteiger partial charge on any atom is 0.244 e. The monoisotopic (exact) mass is 502 g/mol. The number of piperidine rings is 1. The summed E-state index contributed by atoms with van der Waals surface area (Å²) in [6.45, 7) is 10.3. The molecule has 2 aromatic heterocycles. The summed E-state index contributed by atoms with van der Waals surface area (Å²) in [7, 11) is -3.68. The summed E-state index contributed by atoms with van der Waals surface area (Å²) >= 11 is 1.34. The largest absolute Gasteiger partial charge is 0.339 e. The highest BCUT2D eigenvalue weighted by Crippen LogP contribution is 2.35. The van der Waals surface area contributed by atoms with Crippen molar-refractivity contribution in [3.05, 3.63) is 46.2 Å². The lowest BCUT2D eigenvalue weighted by molar-refractivity contribution is -0.120. The lowest BCUT2D eigenvalue weighted by atomic mass is 9.97. The molecule has 10 heteroatoms. The number of nitrogens with zero attached hydrogens (tertiary/aromatic N) is 3. The Morgan fingerprint density at radius 2 is 1.91 bits per heavy atom. The van der Waals surface area contributed by atoms with Crippen LogP contribution in [0.25, 0.3) is 10.7 Å². The molecule has 4 rings (SSSR count). The van der Waals surface area contributed by atoms with Gasteiger partial charge in [0.1, 0.15) is 0 Å². The maximum absolute atomic E-state index is 13.4. The number of thiophene rings is 1. The molecule has 1 saturated heterocycles. The van der Waals surface area contributed by atoms with E-state index in [1.54, 1.807) is 13.0 Å². The molecule has 1 N–H and O–H groups in total. The van der Waals surface area contributed by atoms with Gasteiger partial charge in [0.25, 0.3) is 0 Å². The average molecular weight is 503 g/mol. The molecular weight excluding hydrogens is 472 g/mol. The molecule has 0 saturated carbocycles. The van der Waals surface area contributed by atoms with Gasteiger partial charge in [-0.1, -0.05) is 31.1 Å². The van der Waals surface area contributed by atoms with Crippen molar-refractivity contribution in [2.24, 2.45) is 5.92 Å². The van der Waals surface area contributed by atoms with Gasteiger partial charge in [-0.25, -0.2) is 8.42 Å². The first-order chi connectivity index (χ1) is 16.1. The molecule has 0 atom stereocenters. The van der Waals surface area contributed by atoms with E-state index in [-0.39, 0.29) is 22.6 Å². The van der Waals surface area contributed by atoms with Gasteiger partial charge in [0.2, 0.25) is 27.6 Å². The van der Waals surface area contributed by atoms with Gasteiger partial charge in [0.15, 0.2) is 0 Å². The zero-order valence-corrected chi connectivity index (χ0v) is 21.7. The fourth-order valence-corrected chi connectivity index (χ4v) is 6.98. The first-order valence-corrected chi connectivity index (χ1v) is 13.6. The van der Waals surface area contributed by atoms with Crippen molar-refractivity contribution >= 4 is 33.0 Å². The van der Waals surface area contributed by atoms with Crippen molar-refractivity contribution in [2.45, 2.75) is 58.3 Å². The maximum atomic E-state index is 13.4. The van der Waals surface area contributed by atoms with Crippen molar-refractivity contribution in [2.75, 3.05) is 18.4 Å². The zero-order chi connectivity index (χ0) is 24.6. The van der Waals surface area contributed by atoms with E-state index < -0.39 is 10.0 Å². The summed E-state index contributed by atoms with van der Waals surface area (Å²) < 4.78 is 33.5. The Labute approximate surface area is 204 Å². The molecule has 1 aliphatic heterocycles. The van der Waals surface area contributed by atoms with Crippen LogP contribution < -0.4 is 5.32 Å². The number of hydrogen-bond donors (Lipinski definition) is 1. The van der Waals surface area contributed by atoms with Crippen LogP contribution in [0, 0.1) is 26.7 Å². The molecule has 34 heavy (non-hydrogen) atoms. The molecule has 8 nitrogen and oxygen atoms in total. The number of aromatic nitrogens is 2. The van der Waals surface area contributed by atoms with Crippen LogP contribution in [0.4, 0.5) is 5.69 Å². The van der Waals surface area contributed by atoms with Gasteiger partial charge in [-0.3, -0.25) is 4.79 Å². The van der Waals surface area contributed by atoms with Crippen LogP contribution in [-0.4, -0.2) is 41.9 Å². The molecule has 1 fully saturated rings. The molecule has 0 bridgehead atoms. The van der Waals surface area contributed by atoms with Crippen LogP contribution in [0.1, 0.15) is 54.5 Å². The Morgan fingerprint density at radius 3 is 2.56 bits per heavy atom. The van der Waals surface area contributed by atoms with Gasteiger partial charge in [-0.2, -0.15) is 9.29 Å². The minimum Gasteiger partial charge on any atom is -0.339 e. The van der Waals surface area contributed by atoms with Gasteiger partial charge >= 0.3 is 0 Å². The molecule has 0 radical (unpaired) electrons. The first-order valence-electron chi connectivity index (χ1n) is 11.4. The molecule has 1 aliphatic rings. The van der Waals surface area contributed by atoms with E-state index in [1.165, 1.54) is 15.6 Å². The van der Waals surface area contributed by atoms with Crippen molar-refractivity contribution in [1.29, 1.82) is 0 Å². The van der Waals surface area contributed by atoms with E-state index in [0.29, 0.717) is 47.4 Å². The summed E-state index contributed by atoms with van der Waals surface area (Å²) in [5.41, 5.74) is 2.97. The minimum atomic E-state index is -3.68. The highest BCUT2D eigenvalue weighted by Gasteiger charge is 2.34. The summed E-state index contributed by atoms with van der Waals surface area (Å²) in [5, 5.41) is 7.02. The van der Waals surface area contributed by atoms with E-state index in [9.17, 15) is 13.2 Å². The zero-order valence-electron chi connectivity index (χ0n) is 20.1. The van der Waals surface area contributed by atoms with Gasteiger partial charge in [0.05, 0.1) is 9.77 Å². The number of benzene rings is 1. The van der Waals surface area contributed by atoms with Gasteiger partial charge < -0.3 is 9.84 Å². The van der Waals surface area contributed by atoms with Crippen LogP contribution in [0.15, 0.2) is 33.7 Å². The number of carbonyl (C=O) groups excluding carboxylic acids is 1. The van der Waals surface area contributed by atoms with E-state index >= 15 is 0 Å². The number of aryl methyl sites for hydroxylation is 2. The van der Waals surface area contributed by atoms with Crippen LogP contribution in [0.2, 0.25) is 0 Å². The smallest absolute Gasteiger partial charge is 0.244 e. The molecule has 1 aromatic carbocycles. The average Bonchev–Trinajstić information content (AvgIpc) is 3.44. The number of hydrogen-bond acceptors (Lipinski definition) is 7. The third-order valence-corrected chi connectivity index (χ3v) is 9.53. The molecule has 3 heterocycles. The predicted molar refractivity (Wildman–Crippen MR) is 132 cm³/mol. The van der Waals surface area contributed by atoms with Crippen LogP contribution in [-0.2, 0) is 14.8 Å². The van der Waals surface area contributed by atoms with Crippen LogP contribution >= 0.6 is 11.3 Å². The first kappa shape index (κ1) is 24.6. The van der Waals surface area contributed by atoms with Crippen molar-refractivity contribution < 1.29 is 17.7 Å². The molecule has 1 amide bonds. The quantitative estimate of drug-likeness (QED) is 0.515. The lowest BCUT2D eigenvalue weighted by Crippen LogP contribution is -2.41. The van der Waals surface area contributed by atoms with E-state index in [4.69, 9.17) is 4.52 Å². The third kappa shape index (κ3) is 4.80. The van der Waals surface area contributed by atoms with E-state index in [0.717, 1.165) is 16.8 Å². The molecule has 0 spiro atoms. The SMILES string of the molecule is Cc1cccc(NC(=O)C2CCN(S(=O)(=O)c3cc(-c4noc(C(C)C)n4)sc3C)CC2)c1C. The summed E-state index contributed by atoms with van der Waals surface area (Å²) in [5.74, 6) is 0.739. The van der Waals surface area contributed by atoms with Gasteiger partial charge in [-0.15, -0.1) is 11.3 Å². The number of amides is 1. The number of nitrogens with one attached hydrogen (secondary N) is 1. The van der Waals surface area contributed by atoms with E-state index in [2.05, 4.69) is 15.5 Å².